The largest absolute Gasteiger partial charge is 0.484 e. The van der Waals surface area contributed by atoms with Crippen LogP contribution in [0.5, 0.6) is 5.75 Å². The van der Waals surface area contributed by atoms with Crippen molar-refractivity contribution in [2.24, 2.45) is 0 Å². The normalized spacial score (nSPS) is 11.1. The maximum absolute atomic E-state index is 13.0. The van der Waals surface area contributed by atoms with Crippen LogP contribution in [0.2, 0.25) is 5.02 Å². The fraction of sp³-hybridized carbons (Fsp3) is 0.208. The quantitative estimate of drug-likeness (QED) is 0.495. The Morgan fingerprint density at radius 2 is 1.59 bits per heavy atom. The van der Waals surface area contributed by atoms with E-state index in [1.54, 1.807) is 67.6 Å². The Morgan fingerprint density at radius 1 is 0.969 bits per heavy atom. The smallest absolute Gasteiger partial charge is 0.264 e. The molecule has 8 heteroatoms. The molecular formula is C24H25ClN2O4S. The molecule has 6 nitrogen and oxygen atoms in total. The third kappa shape index (κ3) is 6.02. The third-order valence-corrected chi connectivity index (χ3v) is 6.96. The Balaban J connectivity index is 1.59. The maximum Gasteiger partial charge on any atom is 0.264 e. The van der Waals surface area contributed by atoms with Crippen LogP contribution >= 0.6 is 11.6 Å². The van der Waals surface area contributed by atoms with Gasteiger partial charge in [-0.15, -0.1) is 0 Å². The average Bonchev–Trinajstić information content (AvgIpc) is 2.79. The molecule has 0 spiro atoms. The first-order chi connectivity index (χ1) is 15.3. The van der Waals surface area contributed by atoms with Crippen LogP contribution in [-0.2, 0) is 21.4 Å². The van der Waals surface area contributed by atoms with E-state index in [0.717, 1.165) is 11.1 Å². The lowest BCUT2D eigenvalue weighted by Crippen LogP contribution is -2.30. The second-order valence-electron chi connectivity index (χ2n) is 7.17. The number of anilines is 1. The van der Waals surface area contributed by atoms with Crippen molar-refractivity contribution in [3.63, 3.8) is 0 Å². The molecule has 3 aromatic rings. The summed E-state index contributed by atoms with van der Waals surface area (Å²) in [6, 6.07) is 20.6. The standard InChI is InChI=1S/C24H25ClN2O4S/c1-3-27(32(29,30)23-14-4-18(2)5-15-23)21-10-12-22(13-11-21)31-17-24(28)26-16-19-6-8-20(25)9-7-19/h4-15H,3,16-17H2,1-2H3,(H,26,28). The van der Waals surface area contributed by atoms with E-state index in [-0.39, 0.29) is 24.0 Å². The van der Waals surface area contributed by atoms with Crippen molar-refractivity contribution in [2.45, 2.75) is 25.3 Å². The number of nitrogens with one attached hydrogen (secondary N) is 1. The Labute approximate surface area is 193 Å². The van der Waals surface area contributed by atoms with Crippen molar-refractivity contribution in [1.82, 2.24) is 5.32 Å². The van der Waals surface area contributed by atoms with Gasteiger partial charge in [0.05, 0.1) is 10.6 Å². The maximum atomic E-state index is 13.0. The number of carbonyl (C=O) groups is 1. The lowest BCUT2D eigenvalue weighted by atomic mass is 10.2. The van der Waals surface area contributed by atoms with Crippen LogP contribution in [0.4, 0.5) is 5.69 Å². The number of nitrogens with zero attached hydrogens (tertiary/aromatic N) is 1. The van der Waals surface area contributed by atoms with Crippen LogP contribution in [0.15, 0.2) is 77.7 Å². The first-order valence-corrected chi connectivity index (χ1v) is 11.9. The molecule has 0 aromatic heterocycles. The number of hydrogen-bond donors (Lipinski definition) is 1. The van der Waals surface area contributed by atoms with Crippen LogP contribution in [0, 0.1) is 6.92 Å². The lowest BCUT2D eigenvalue weighted by molar-refractivity contribution is -0.123. The number of amides is 1. The molecule has 0 aliphatic heterocycles. The molecule has 1 N–H and O–H groups in total. The summed E-state index contributed by atoms with van der Waals surface area (Å²) in [5.74, 6) is 0.209. The summed E-state index contributed by atoms with van der Waals surface area (Å²) in [7, 11) is -3.68. The molecule has 0 bridgehead atoms. The van der Waals surface area contributed by atoms with Crippen LogP contribution in [-0.4, -0.2) is 27.5 Å². The highest BCUT2D eigenvalue weighted by atomic mass is 35.5. The Hall–Kier alpha value is -3.03. The van der Waals surface area contributed by atoms with Crippen molar-refractivity contribution < 1.29 is 17.9 Å². The molecule has 32 heavy (non-hydrogen) atoms. The van der Waals surface area contributed by atoms with Gasteiger partial charge in [-0.2, -0.15) is 0 Å². The number of sulfonamides is 1. The molecule has 3 rings (SSSR count). The van der Waals surface area contributed by atoms with Gasteiger partial charge < -0.3 is 10.1 Å². The molecule has 0 saturated carbocycles. The summed E-state index contributed by atoms with van der Waals surface area (Å²) in [4.78, 5) is 12.3. The number of hydrogen-bond acceptors (Lipinski definition) is 4. The summed E-state index contributed by atoms with van der Waals surface area (Å²) in [6.07, 6.45) is 0. The molecule has 1 amide bonds. The number of aryl methyl sites for hydroxylation is 1. The first-order valence-electron chi connectivity index (χ1n) is 10.1. The van der Waals surface area contributed by atoms with Crippen LogP contribution in [0.1, 0.15) is 18.1 Å². The SMILES string of the molecule is CCN(c1ccc(OCC(=O)NCc2ccc(Cl)cc2)cc1)S(=O)(=O)c1ccc(C)cc1. The van der Waals surface area contributed by atoms with Crippen molar-refractivity contribution in [2.75, 3.05) is 17.5 Å². The number of ether oxygens (including phenoxy) is 1. The summed E-state index contributed by atoms with van der Waals surface area (Å²) < 4.78 is 32.9. The zero-order chi connectivity index (χ0) is 23.1. The summed E-state index contributed by atoms with van der Waals surface area (Å²) >= 11 is 5.85. The molecule has 0 unspecified atom stereocenters. The zero-order valence-electron chi connectivity index (χ0n) is 17.9. The van der Waals surface area contributed by atoms with E-state index in [1.807, 2.05) is 19.1 Å². The molecule has 0 radical (unpaired) electrons. The van der Waals surface area contributed by atoms with Gasteiger partial charge in [-0.25, -0.2) is 8.42 Å². The monoisotopic (exact) mass is 472 g/mol. The molecule has 3 aromatic carbocycles. The number of rotatable bonds is 9. The van der Waals surface area contributed by atoms with Crippen molar-refractivity contribution in [3.8, 4) is 5.75 Å². The van der Waals surface area contributed by atoms with Gasteiger partial charge in [0.25, 0.3) is 15.9 Å². The fourth-order valence-electron chi connectivity index (χ4n) is 3.04. The number of carbonyl (C=O) groups excluding carboxylic acids is 1. The third-order valence-electron chi connectivity index (χ3n) is 4.79. The second-order valence-corrected chi connectivity index (χ2v) is 9.47. The highest BCUT2D eigenvalue weighted by Crippen LogP contribution is 2.26. The topological polar surface area (TPSA) is 75.7 Å². The van der Waals surface area contributed by atoms with Crippen molar-refractivity contribution in [1.29, 1.82) is 0 Å². The lowest BCUT2D eigenvalue weighted by Gasteiger charge is -2.23. The van der Waals surface area contributed by atoms with E-state index in [0.29, 0.717) is 23.0 Å². The van der Waals surface area contributed by atoms with Gasteiger partial charge in [-0.3, -0.25) is 9.10 Å². The van der Waals surface area contributed by atoms with Crippen molar-refractivity contribution in [3.05, 3.63) is 88.9 Å². The van der Waals surface area contributed by atoms with Crippen LogP contribution in [0.25, 0.3) is 0 Å². The number of halogens is 1. The highest BCUT2D eigenvalue weighted by molar-refractivity contribution is 7.92. The summed E-state index contributed by atoms with van der Waals surface area (Å²) in [5.41, 5.74) is 2.44. The van der Waals surface area contributed by atoms with Gasteiger partial charge in [0.1, 0.15) is 5.75 Å². The van der Waals surface area contributed by atoms with E-state index >= 15 is 0 Å². The van der Waals surface area contributed by atoms with E-state index in [4.69, 9.17) is 16.3 Å². The Bertz CT molecular complexity index is 1150. The minimum atomic E-state index is -3.68. The van der Waals surface area contributed by atoms with Gasteiger partial charge in [-0.05, 0) is 67.9 Å². The zero-order valence-corrected chi connectivity index (χ0v) is 19.5. The first kappa shape index (κ1) is 23.6. The van der Waals surface area contributed by atoms with E-state index in [1.165, 1.54) is 4.31 Å². The molecule has 0 atom stereocenters. The average molecular weight is 473 g/mol. The highest BCUT2D eigenvalue weighted by Gasteiger charge is 2.23. The van der Waals surface area contributed by atoms with Crippen LogP contribution in [0.3, 0.4) is 0 Å². The van der Waals surface area contributed by atoms with Gasteiger partial charge in [0, 0.05) is 18.1 Å². The molecule has 168 valence electrons. The van der Waals surface area contributed by atoms with Gasteiger partial charge in [-0.1, -0.05) is 41.4 Å². The molecule has 0 saturated heterocycles. The summed E-state index contributed by atoms with van der Waals surface area (Å²) in [6.45, 7) is 4.20. The minimum Gasteiger partial charge on any atom is -0.484 e. The van der Waals surface area contributed by atoms with E-state index in [2.05, 4.69) is 5.32 Å². The van der Waals surface area contributed by atoms with E-state index < -0.39 is 10.0 Å². The Morgan fingerprint density at radius 3 is 2.19 bits per heavy atom. The Kier molecular flexibility index (Phi) is 7.77. The molecule has 0 fully saturated rings. The minimum absolute atomic E-state index is 0.147. The predicted octanol–water partition coefficient (Wildman–Crippen LogP) is 4.56. The van der Waals surface area contributed by atoms with Gasteiger partial charge in [0.15, 0.2) is 6.61 Å². The van der Waals surface area contributed by atoms with Crippen LogP contribution < -0.4 is 14.4 Å². The molecule has 0 aliphatic carbocycles. The summed E-state index contributed by atoms with van der Waals surface area (Å²) in [5, 5.41) is 3.41. The molecule has 0 aliphatic rings. The fourth-order valence-corrected chi connectivity index (χ4v) is 4.64. The van der Waals surface area contributed by atoms with Gasteiger partial charge >= 0.3 is 0 Å². The molecule has 0 heterocycles. The molecular weight excluding hydrogens is 448 g/mol. The second kappa shape index (κ2) is 10.5. The van der Waals surface area contributed by atoms with Crippen molar-refractivity contribution >= 4 is 33.2 Å². The number of benzene rings is 3. The van der Waals surface area contributed by atoms with Gasteiger partial charge in [0.2, 0.25) is 0 Å². The predicted molar refractivity (Wildman–Crippen MR) is 127 cm³/mol. The van der Waals surface area contributed by atoms with E-state index in [9.17, 15) is 13.2 Å².